The minimum absolute atomic E-state index is 0.124. The summed E-state index contributed by atoms with van der Waals surface area (Å²) in [6.07, 6.45) is 6.82. The molecule has 0 saturated heterocycles. The molecule has 2 aliphatic rings. The lowest BCUT2D eigenvalue weighted by molar-refractivity contribution is -0.142. The SMILES string of the molecule is COC(=O)CC1CC[C@@H]2C=CO[C@H]12. The highest BCUT2D eigenvalue weighted by molar-refractivity contribution is 5.69. The Balaban J connectivity index is 1.91. The molecule has 1 unspecified atom stereocenters. The van der Waals surface area contributed by atoms with Crippen molar-refractivity contribution in [3.05, 3.63) is 12.3 Å². The summed E-state index contributed by atoms with van der Waals surface area (Å²) in [5.74, 6) is 0.767. The van der Waals surface area contributed by atoms with Gasteiger partial charge in [0, 0.05) is 11.8 Å². The topological polar surface area (TPSA) is 35.5 Å². The van der Waals surface area contributed by atoms with Gasteiger partial charge in [-0.15, -0.1) is 0 Å². The molecule has 0 aromatic heterocycles. The molecule has 0 aromatic rings. The summed E-state index contributed by atoms with van der Waals surface area (Å²) >= 11 is 0. The number of ether oxygens (including phenoxy) is 2. The lowest BCUT2D eigenvalue weighted by Gasteiger charge is -2.16. The van der Waals surface area contributed by atoms with Crippen LogP contribution in [0.3, 0.4) is 0 Å². The van der Waals surface area contributed by atoms with E-state index in [1.165, 1.54) is 7.11 Å². The van der Waals surface area contributed by atoms with Gasteiger partial charge in [-0.25, -0.2) is 0 Å². The van der Waals surface area contributed by atoms with Crippen LogP contribution in [-0.4, -0.2) is 19.2 Å². The fourth-order valence-electron chi connectivity index (χ4n) is 2.26. The maximum absolute atomic E-state index is 11.1. The Morgan fingerprint density at radius 2 is 2.46 bits per heavy atom. The lowest BCUT2D eigenvalue weighted by Crippen LogP contribution is -2.21. The molecule has 3 nitrogen and oxygen atoms in total. The van der Waals surface area contributed by atoms with Crippen molar-refractivity contribution in [3.63, 3.8) is 0 Å². The Kier molecular flexibility index (Phi) is 2.25. The summed E-state index contributed by atoms with van der Waals surface area (Å²) < 4.78 is 10.1. The minimum atomic E-state index is -0.124. The van der Waals surface area contributed by atoms with Crippen LogP contribution >= 0.6 is 0 Å². The van der Waals surface area contributed by atoms with Crippen LogP contribution in [0.4, 0.5) is 0 Å². The summed E-state index contributed by atoms with van der Waals surface area (Å²) in [5, 5.41) is 0. The number of hydrogen-bond donors (Lipinski definition) is 0. The largest absolute Gasteiger partial charge is 0.497 e. The number of hydrogen-bond acceptors (Lipinski definition) is 3. The van der Waals surface area contributed by atoms with E-state index < -0.39 is 0 Å². The average molecular weight is 182 g/mol. The number of methoxy groups -OCH3 is 1. The van der Waals surface area contributed by atoms with E-state index in [9.17, 15) is 4.79 Å². The maximum Gasteiger partial charge on any atom is 0.305 e. The van der Waals surface area contributed by atoms with Gasteiger partial charge in [-0.05, 0) is 18.9 Å². The third-order valence-corrected chi connectivity index (χ3v) is 2.98. The van der Waals surface area contributed by atoms with Crippen molar-refractivity contribution in [1.82, 2.24) is 0 Å². The summed E-state index contributed by atoms with van der Waals surface area (Å²) in [6.45, 7) is 0. The third kappa shape index (κ3) is 1.55. The predicted octanol–water partition coefficient (Wildman–Crippen LogP) is 1.49. The van der Waals surface area contributed by atoms with Crippen molar-refractivity contribution >= 4 is 5.97 Å². The van der Waals surface area contributed by atoms with Crippen LogP contribution in [0.25, 0.3) is 0 Å². The monoisotopic (exact) mass is 182 g/mol. The van der Waals surface area contributed by atoms with Crippen molar-refractivity contribution in [3.8, 4) is 0 Å². The van der Waals surface area contributed by atoms with Crippen LogP contribution in [0.15, 0.2) is 12.3 Å². The highest BCUT2D eigenvalue weighted by Crippen LogP contribution is 2.39. The zero-order valence-corrected chi connectivity index (χ0v) is 7.73. The van der Waals surface area contributed by atoms with Gasteiger partial charge in [0.25, 0.3) is 0 Å². The second-order valence-electron chi connectivity index (χ2n) is 3.71. The summed E-state index contributed by atoms with van der Waals surface area (Å²) in [4.78, 5) is 11.1. The van der Waals surface area contributed by atoms with Crippen LogP contribution in [0.2, 0.25) is 0 Å². The standard InChI is InChI=1S/C10H14O3/c1-12-9(11)6-8-3-2-7-4-5-13-10(7)8/h4-5,7-8,10H,2-3,6H2,1H3/t7-,8?,10+/m1/s1. The molecule has 0 N–H and O–H groups in total. The van der Waals surface area contributed by atoms with Crippen LogP contribution in [-0.2, 0) is 14.3 Å². The van der Waals surface area contributed by atoms with Gasteiger partial charge in [-0.2, -0.15) is 0 Å². The van der Waals surface area contributed by atoms with E-state index in [2.05, 4.69) is 10.8 Å². The van der Waals surface area contributed by atoms with E-state index >= 15 is 0 Å². The molecule has 0 spiro atoms. The molecule has 1 fully saturated rings. The van der Waals surface area contributed by atoms with Crippen molar-refractivity contribution in [2.24, 2.45) is 11.8 Å². The highest BCUT2D eigenvalue weighted by atomic mass is 16.5. The molecule has 72 valence electrons. The van der Waals surface area contributed by atoms with Gasteiger partial charge < -0.3 is 9.47 Å². The second-order valence-corrected chi connectivity index (χ2v) is 3.71. The van der Waals surface area contributed by atoms with Gasteiger partial charge in [0.1, 0.15) is 6.10 Å². The van der Waals surface area contributed by atoms with E-state index in [0.717, 1.165) is 12.8 Å². The Labute approximate surface area is 77.7 Å². The van der Waals surface area contributed by atoms with E-state index in [1.807, 2.05) is 0 Å². The van der Waals surface area contributed by atoms with E-state index in [1.54, 1.807) is 6.26 Å². The number of esters is 1. The zero-order chi connectivity index (χ0) is 9.26. The molecule has 0 radical (unpaired) electrons. The summed E-state index contributed by atoms with van der Waals surface area (Å²) in [5.41, 5.74) is 0. The first-order valence-electron chi connectivity index (χ1n) is 4.70. The van der Waals surface area contributed by atoms with Crippen LogP contribution < -0.4 is 0 Å². The predicted molar refractivity (Wildman–Crippen MR) is 46.9 cm³/mol. The average Bonchev–Trinajstić information content (AvgIpc) is 2.69. The van der Waals surface area contributed by atoms with Gasteiger partial charge in [-0.3, -0.25) is 4.79 Å². The Morgan fingerprint density at radius 1 is 1.62 bits per heavy atom. The second kappa shape index (κ2) is 3.40. The fourth-order valence-corrected chi connectivity index (χ4v) is 2.26. The third-order valence-electron chi connectivity index (χ3n) is 2.98. The first-order valence-corrected chi connectivity index (χ1v) is 4.70. The fraction of sp³-hybridized carbons (Fsp3) is 0.700. The molecular weight excluding hydrogens is 168 g/mol. The molecule has 2 rings (SSSR count). The first kappa shape index (κ1) is 8.60. The molecule has 13 heavy (non-hydrogen) atoms. The van der Waals surface area contributed by atoms with Gasteiger partial charge in [0.2, 0.25) is 0 Å². The van der Waals surface area contributed by atoms with Gasteiger partial charge >= 0.3 is 5.97 Å². The normalized spacial score (nSPS) is 35.6. The first-order chi connectivity index (χ1) is 6.31. The molecule has 0 aromatic carbocycles. The molecular formula is C10H14O3. The molecule has 1 heterocycles. The molecule has 0 amide bonds. The zero-order valence-electron chi connectivity index (χ0n) is 7.73. The number of fused-ring (bicyclic) bond motifs is 1. The summed E-state index contributed by atoms with van der Waals surface area (Å²) in [7, 11) is 1.43. The van der Waals surface area contributed by atoms with Gasteiger partial charge in [0.05, 0.1) is 19.8 Å². The van der Waals surface area contributed by atoms with E-state index in [0.29, 0.717) is 18.3 Å². The van der Waals surface area contributed by atoms with Crippen molar-refractivity contribution in [2.75, 3.05) is 7.11 Å². The minimum Gasteiger partial charge on any atom is -0.497 e. The number of carbonyl (C=O) groups excluding carboxylic acids is 1. The van der Waals surface area contributed by atoms with Gasteiger partial charge in [-0.1, -0.05) is 0 Å². The summed E-state index contributed by atoms with van der Waals surface area (Å²) in [6, 6.07) is 0. The highest BCUT2D eigenvalue weighted by Gasteiger charge is 2.39. The van der Waals surface area contributed by atoms with Gasteiger partial charge in [0.15, 0.2) is 0 Å². The number of carbonyl (C=O) groups is 1. The Morgan fingerprint density at radius 3 is 3.23 bits per heavy atom. The lowest BCUT2D eigenvalue weighted by atomic mass is 9.99. The van der Waals surface area contributed by atoms with Crippen molar-refractivity contribution in [1.29, 1.82) is 0 Å². The molecule has 1 aliphatic heterocycles. The quantitative estimate of drug-likeness (QED) is 0.607. The van der Waals surface area contributed by atoms with Crippen LogP contribution in [0, 0.1) is 11.8 Å². The van der Waals surface area contributed by atoms with Crippen LogP contribution in [0.5, 0.6) is 0 Å². The Bertz CT molecular complexity index is 234. The molecule has 3 atom stereocenters. The smallest absolute Gasteiger partial charge is 0.305 e. The van der Waals surface area contributed by atoms with Crippen molar-refractivity contribution < 1.29 is 14.3 Å². The molecule has 3 heteroatoms. The Hall–Kier alpha value is -0.990. The molecule has 1 aliphatic carbocycles. The van der Waals surface area contributed by atoms with E-state index in [4.69, 9.17) is 4.74 Å². The maximum atomic E-state index is 11.1. The number of rotatable bonds is 2. The molecule has 0 bridgehead atoms. The van der Waals surface area contributed by atoms with Crippen LogP contribution in [0.1, 0.15) is 19.3 Å². The molecule has 1 saturated carbocycles. The van der Waals surface area contributed by atoms with Crippen molar-refractivity contribution in [2.45, 2.75) is 25.4 Å². The van der Waals surface area contributed by atoms with E-state index in [-0.39, 0.29) is 12.1 Å².